The first-order chi connectivity index (χ1) is 7.41. The van der Waals surface area contributed by atoms with Crippen LogP contribution in [0.3, 0.4) is 0 Å². The van der Waals surface area contributed by atoms with Gasteiger partial charge in [-0.15, -0.1) is 11.8 Å². The van der Waals surface area contributed by atoms with E-state index in [2.05, 4.69) is 15.9 Å². The van der Waals surface area contributed by atoms with Crippen LogP contribution in [0, 0.1) is 10.1 Å². The van der Waals surface area contributed by atoms with Crippen molar-refractivity contribution in [1.29, 1.82) is 0 Å². The zero-order chi connectivity index (χ0) is 12.3. The maximum Gasteiger partial charge on any atom is 0.316 e. The molecule has 1 unspecified atom stereocenters. The van der Waals surface area contributed by atoms with Gasteiger partial charge in [-0.05, 0) is 19.1 Å². The normalized spacial score (nSPS) is 12.1. The summed E-state index contributed by atoms with van der Waals surface area (Å²) < 4.78 is 0.679. The van der Waals surface area contributed by atoms with Crippen LogP contribution in [0.4, 0.5) is 5.69 Å². The molecule has 7 heteroatoms. The van der Waals surface area contributed by atoms with Gasteiger partial charge in [0, 0.05) is 10.5 Å². The molecule has 0 fully saturated rings. The molecule has 1 atom stereocenters. The Morgan fingerprint density at radius 2 is 2.25 bits per heavy atom. The van der Waals surface area contributed by atoms with Gasteiger partial charge in [0.2, 0.25) is 0 Å². The molecule has 0 bridgehead atoms. The van der Waals surface area contributed by atoms with E-state index in [-0.39, 0.29) is 5.69 Å². The number of aliphatic carboxylic acids is 1. The summed E-state index contributed by atoms with van der Waals surface area (Å²) in [5.74, 6) is -1.00. The minimum absolute atomic E-state index is 0.0821. The molecule has 1 aromatic carbocycles. The molecule has 0 amide bonds. The lowest BCUT2D eigenvalue weighted by molar-refractivity contribution is -0.387. The van der Waals surface area contributed by atoms with E-state index in [0.717, 1.165) is 11.8 Å². The number of nitro benzene ring substituents is 1. The van der Waals surface area contributed by atoms with E-state index in [1.807, 2.05) is 0 Å². The standard InChI is InChI=1S/C9H8BrNO4S/c1-5(9(12)13)16-8-4-6(10)2-3-7(8)11(14)15/h2-5H,1H3,(H,12,13). The number of hydrogen-bond acceptors (Lipinski definition) is 4. The van der Waals surface area contributed by atoms with Gasteiger partial charge in [0.25, 0.3) is 5.69 Å². The summed E-state index contributed by atoms with van der Waals surface area (Å²) in [7, 11) is 0. The van der Waals surface area contributed by atoms with Crippen LogP contribution < -0.4 is 0 Å². The van der Waals surface area contributed by atoms with Crippen molar-refractivity contribution < 1.29 is 14.8 Å². The average Bonchev–Trinajstić information content (AvgIpc) is 2.16. The van der Waals surface area contributed by atoms with E-state index in [0.29, 0.717) is 9.37 Å². The quantitative estimate of drug-likeness (QED) is 0.525. The van der Waals surface area contributed by atoms with Crippen LogP contribution in [0.25, 0.3) is 0 Å². The summed E-state index contributed by atoms with van der Waals surface area (Å²) in [4.78, 5) is 21.2. The van der Waals surface area contributed by atoms with Crippen LogP contribution in [0.5, 0.6) is 0 Å². The molecular formula is C9H8BrNO4S. The van der Waals surface area contributed by atoms with Gasteiger partial charge in [0.1, 0.15) is 5.25 Å². The number of carboxylic acid groups (broad SMARTS) is 1. The second kappa shape index (κ2) is 5.31. The SMILES string of the molecule is CC(Sc1cc(Br)ccc1[N+](=O)[O-])C(=O)O. The second-order valence-electron chi connectivity index (χ2n) is 2.97. The predicted octanol–water partition coefficient (Wildman–Crippen LogP) is 2.92. The molecule has 5 nitrogen and oxygen atoms in total. The maximum absolute atomic E-state index is 10.7. The fourth-order valence-electron chi connectivity index (χ4n) is 0.974. The van der Waals surface area contributed by atoms with Crippen LogP contribution >= 0.6 is 27.7 Å². The number of hydrogen-bond donors (Lipinski definition) is 1. The molecule has 1 rings (SSSR count). The predicted molar refractivity (Wildman–Crippen MR) is 63.8 cm³/mol. The lowest BCUT2D eigenvalue weighted by atomic mass is 10.3. The highest BCUT2D eigenvalue weighted by atomic mass is 79.9. The molecular weight excluding hydrogens is 298 g/mol. The summed E-state index contributed by atoms with van der Waals surface area (Å²) in [5, 5.41) is 18.7. The van der Waals surface area contributed by atoms with E-state index < -0.39 is 16.1 Å². The third kappa shape index (κ3) is 3.21. The number of nitro groups is 1. The number of nitrogens with zero attached hydrogens (tertiary/aromatic N) is 1. The van der Waals surface area contributed by atoms with Crippen molar-refractivity contribution in [2.24, 2.45) is 0 Å². The first-order valence-corrected chi connectivity index (χ1v) is 5.92. The van der Waals surface area contributed by atoms with Gasteiger partial charge in [-0.2, -0.15) is 0 Å². The molecule has 0 aliphatic heterocycles. The Morgan fingerprint density at radius 3 is 2.75 bits per heavy atom. The molecule has 0 heterocycles. The zero-order valence-corrected chi connectivity index (χ0v) is 10.6. The lowest BCUT2D eigenvalue weighted by Gasteiger charge is -2.06. The number of halogens is 1. The molecule has 0 aliphatic carbocycles. The molecule has 0 aliphatic rings. The van der Waals surface area contributed by atoms with E-state index in [1.54, 1.807) is 12.1 Å². The van der Waals surface area contributed by atoms with Crippen molar-refractivity contribution in [2.45, 2.75) is 17.1 Å². The van der Waals surface area contributed by atoms with Crippen molar-refractivity contribution in [3.05, 3.63) is 32.8 Å². The van der Waals surface area contributed by atoms with Crippen molar-refractivity contribution in [3.8, 4) is 0 Å². The Labute approximate surface area is 104 Å². The van der Waals surface area contributed by atoms with E-state index >= 15 is 0 Å². The van der Waals surface area contributed by atoms with Crippen LogP contribution in [-0.4, -0.2) is 21.2 Å². The Hall–Kier alpha value is -1.08. The summed E-state index contributed by atoms with van der Waals surface area (Å²) in [6.07, 6.45) is 0. The first-order valence-electron chi connectivity index (χ1n) is 4.25. The maximum atomic E-state index is 10.7. The summed E-state index contributed by atoms with van der Waals surface area (Å²) in [6.45, 7) is 1.48. The minimum atomic E-state index is -1.00. The van der Waals surface area contributed by atoms with E-state index in [1.165, 1.54) is 13.0 Å². The Bertz CT molecular complexity index is 438. The van der Waals surface area contributed by atoms with Crippen molar-refractivity contribution in [1.82, 2.24) is 0 Å². The van der Waals surface area contributed by atoms with Crippen LogP contribution in [-0.2, 0) is 4.79 Å². The van der Waals surface area contributed by atoms with Gasteiger partial charge in [-0.1, -0.05) is 15.9 Å². The summed E-state index contributed by atoms with van der Waals surface area (Å²) >= 11 is 4.14. The number of carbonyl (C=O) groups is 1. The van der Waals surface area contributed by atoms with Gasteiger partial charge in [0.15, 0.2) is 0 Å². The first kappa shape index (κ1) is 13.0. The number of carboxylic acids is 1. The second-order valence-corrected chi connectivity index (χ2v) is 5.27. The largest absolute Gasteiger partial charge is 0.480 e. The molecule has 1 aromatic rings. The smallest absolute Gasteiger partial charge is 0.316 e. The lowest BCUT2D eigenvalue weighted by Crippen LogP contribution is -2.11. The highest BCUT2D eigenvalue weighted by Gasteiger charge is 2.20. The molecule has 0 radical (unpaired) electrons. The zero-order valence-electron chi connectivity index (χ0n) is 8.21. The Balaban J connectivity index is 3.05. The fourth-order valence-corrected chi connectivity index (χ4v) is 2.43. The molecule has 0 saturated carbocycles. The van der Waals surface area contributed by atoms with Crippen LogP contribution in [0.15, 0.2) is 27.6 Å². The van der Waals surface area contributed by atoms with E-state index in [4.69, 9.17) is 5.11 Å². The summed E-state index contributed by atoms with van der Waals surface area (Å²) in [6, 6.07) is 4.44. The monoisotopic (exact) mass is 305 g/mol. The van der Waals surface area contributed by atoms with Gasteiger partial charge in [-0.3, -0.25) is 14.9 Å². The van der Waals surface area contributed by atoms with E-state index in [9.17, 15) is 14.9 Å². The molecule has 0 spiro atoms. The van der Waals surface area contributed by atoms with Crippen molar-refractivity contribution >= 4 is 39.3 Å². The average molecular weight is 306 g/mol. The molecule has 16 heavy (non-hydrogen) atoms. The Kier molecular flexibility index (Phi) is 4.31. The molecule has 1 N–H and O–H groups in total. The number of thioether (sulfide) groups is 1. The number of rotatable bonds is 4. The highest BCUT2D eigenvalue weighted by molar-refractivity contribution is 9.10. The van der Waals surface area contributed by atoms with Gasteiger partial charge >= 0.3 is 5.97 Å². The fraction of sp³-hybridized carbons (Fsp3) is 0.222. The molecule has 0 saturated heterocycles. The highest BCUT2D eigenvalue weighted by Crippen LogP contribution is 2.34. The molecule has 86 valence electrons. The molecule has 0 aromatic heterocycles. The minimum Gasteiger partial charge on any atom is -0.480 e. The van der Waals surface area contributed by atoms with Gasteiger partial charge in [-0.25, -0.2) is 0 Å². The topological polar surface area (TPSA) is 80.4 Å². The van der Waals surface area contributed by atoms with Gasteiger partial charge in [0.05, 0.1) is 9.82 Å². The third-order valence-corrected chi connectivity index (χ3v) is 3.40. The van der Waals surface area contributed by atoms with Gasteiger partial charge < -0.3 is 5.11 Å². The third-order valence-electron chi connectivity index (χ3n) is 1.77. The number of benzene rings is 1. The van der Waals surface area contributed by atoms with Crippen molar-refractivity contribution in [3.63, 3.8) is 0 Å². The van der Waals surface area contributed by atoms with Crippen molar-refractivity contribution in [2.75, 3.05) is 0 Å². The Morgan fingerprint density at radius 1 is 1.62 bits per heavy atom. The van der Waals surface area contributed by atoms with Crippen LogP contribution in [0.2, 0.25) is 0 Å². The van der Waals surface area contributed by atoms with Crippen LogP contribution in [0.1, 0.15) is 6.92 Å². The summed E-state index contributed by atoms with van der Waals surface area (Å²) in [5.41, 5.74) is -0.0821.